The van der Waals surface area contributed by atoms with Crippen LogP contribution >= 0.6 is 0 Å². The molecule has 1 aliphatic carbocycles. The SMILES string of the molecule is C=C(F)C(=O)N1CC(n2nc(C#CC3CCCCC3)c3cccnc32)C1. The first-order valence-electron chi connectivity index (χ1n) is 9.12. The lowest BCUT2D eigenvalue weighted by molar-refractivity contribution is -0.134. The number of hydrogen-bond donors (Lipinski definition) is 0. The zero-order valence-corrected chi connectivity index (χ0v) is 14.6. The van der Waals surface area contributed by atoms with Gasteiger partial charge in [-0.3, -0.25) is 4.79 Å². The van der Waals surface area contributed by atoms with Gasteiger partial charge in [0, 0.05) is 25.2 Å². The van der Waals surface area contributed by atoms with Gasteiger partial charge in [0.05, 0.1) is 11.4 Å². The number of likely N-dealkylation sites (tertiary alicyclic amines) is 1. The molecule has 1 aliphatic heterocycles. The Balaban J connectivity index is 1.58. The summed E-state index contributed by atoms with van der Waals surface area (Å²) in [7, 11) is 0. The summed E-state index contributed by atoms with van der Waals surface area (Å²) in [5.74, 6) is 5.51. The molecular formula is C20H21FN4O. The van der Waals surface area contributed by atoms with Crippen LogP contribution < -0.4 is 0 Å². The lowest BCUT2D eigenvalue weighted by Crippen LogP contribution is -2.51. The second kappa shape index (κ2) is 6.91. The first-order valence-corrected chi connectivity index (χ1v) is 9.12. The van der Waals surface area contributed by atoms with Crippen LogP contribution in [-0.4, -0.2) is 38.7 Å². The molecule has 0 unspecified atom stereocenters. The van der Waals surface area contributed by atoms with Crippen LogP contribution in [0.4, 0.5) is 4.39 Å². The van der Waals surface area contributed by atoms with E-state index in [1.165, 1.54) is 24.2 Å². The van der Waals surface area contributed by atoms with Crippen molar-refractivity contribution in [3.63, 3.8) is 0 Å². The van der Waals surface area contributed by atoms with Gasteiger partial charge in [-0.1, -0.05) is 31.8 Å². The van der Waals surface area contributed by atoms with E-state index in [4.69, 9.17) is 0 Å². The van der Waals surface area contributed by atoms with E-state index < -0.39 is 11.7 Å². The van der Waals surface area contributed by atoms with Crippen LogP contribution in [0.5, 0.6) is 0 Å². The lowest BCUT2D eigenvalue weighted by atomic mass is 9.90. The first kappa shape index (κ1) is 16.8. The van der Waals surface area contributed by atoms with E-state index in [2.05, 4.69) is 28.5 Å². The van der Waals surface area contributed by atoms with Crippen molar-refractivity contribution >= 4 is 16.9 Å². The van der Waals surface area contributed by atoms with Gasteiger partial charge in [0.2, 0.25) is 0 Å². The fourth-order valence-corrected chi connectivity index (χ4v) is 3.68. The number of nitrogens with zero attached hydrogens (tertiary/aromatic N) is 4. The van der Waals surface area contributed by atoms with Gasteiger partial charge in [-0.05, 0) is 30.9 Å². The van der Waals surface area contributed by atoms with Crippen molar-refractivity contribution in [2.45, 2.75) is 38.1 Å². The van der Waals surface area contributed by atoms with E-state index in [-0.39, 0.29) is 6.04 Å². The highest BCUT2D eigenvalue weighted by Crippen LogP contribution is 2.27. The van der Waals surface area contributed by atoms with Crippen LogP contribution in [0.1, 0.15) is 43.8 Å². The van der Waals surface area contributed by atoms with Crippen LogP contribution in [0.25, 0.3) is 11.0 Å². The summed E-state index contributed by atoms with van der Waals surface area (Å²) in [5, 5.41) is 5.59. The standard InChI is InChI=1S/C20H21FN4O/c1-14(21)20(26)24-12-16(13-24)25-19-17(8-5-11-22-19)18(23-25)10-9-15-6-3-2-4-7-15/h5,8,11,15-16H,1-4,6-7,12-13H2. The molecule has 134 valence electrons. The molecule has 2 aromatic rings. The van der Waals surface area contributed by atoms with Gasteiger partial charge in [-0.25, -0.2) is 14.1 Å². The van der Waals surface area contributed by atoms with Crippen molar-refractivity contribution in [3.05, 3.63) is 36.4 Å². The molecule has 0 N–H and O–H groups in total. The molecule has 1 saturated carbocycles. The molecule has 0 radical (unpaired) electrons. The molecule has 0 atom stereocenters. The molecule has 3 heterocycles. The van der Waals surface area contributed by atoms with Crippen LogP contribution in [0.2, 0.25) is 0 Å². The van der Waals surface area contributed by atoms with E-state index in [1.54, 1.807) is 6.20 Å². The monoisotopic (exact) mass is 352 g/mol. The Kier molecular flexibility index (Phi) is 4.46. The summed E-state index contributed by atoms with van der Waals surface area (Å²) < 4.78 is 14.8. The summed E-state index contributed by atoms with van der Waals surface area (Å²) in [6.45, 7) is 3.88. The maximum atomic E-state index is 13.0. The van der Waals surface area contributed by atoms with Gasteiger partial charge in [0.15, 0.2) is 11.5 Å². The fraction of sp³-hybridized carbons (Fsp3) is 0.450. The molecule has 2 fully saturated rings. The minimum Gasteiger partial charge on any atom is -0.332 e. The Morgan fingerprint density at radius 1 is 1.27 bits per heavy atom. The Morgan fingerprint density at radius 2 is 2.04 bits per heavy atom. The maximum Gasteiger partial charge on any atom is 0.282 e. The smallest absolute Gasteiger partial charge is 0.282 e. The number of carbonyl (C=O) groups excluding carboxylic acids is 1. The van der Waals surface area contributed by atoms with Gasteiger partial charge in [0.1, 0.15) is 5.69 Å². The quantitative estimate of drug-likeness (QED) is 0.616. The molecular weight excluding hydrogens is 331 g/mol. The summed E-state index contributed by atoms with van der Waals surface area (Å²) in [6, 6.07) is 3.84. The molecule has 0 aromatic carbocycles. The van der Waals surface area contributed by atoms with E-state index in [1.807, 2.05) is 16.8 Å². The predicted octanol–water partition coefficient (Wildman–Crippen LogP) is 3.23. The minimum absolute atomic E-state index is 0.0130. The van der Waals surface area contributed by atoms with Crippen LogP contribution in [0.3, 0.4) is 0 Å². The molecule has 4 rings (SSSR count). The van der Waals surface area contributed by atoms with Crippen LogP contribution in [0, 0.1) is 17.8 Å². The van der Waals surface area contributed by atoms with Gasteiger partial charge >= 0.3 is 0 Å². The van der Waals surface area contributed by atoms with Gasteiger partial charge in [-0.15, -0.1) is 0 Å². The summed E-state index contributed by atoms with van der Waals surface area (Å²) in [6.07, 6.45) is 7.86. The van der Waals surface area contributed by atoms with Crippen LogP contribution in [-0.2, 0) is 4.79 Å². The number of pyridine rings is 1. The second-order valence-corrected chi connectivity index (χ2v) is 7.04. The van der Waals surface area contributed by atoms with Crippen molar-refractivity contribution < 1.29 is 9.18 Å². The molecule has 0 bridgehead atoms. The van der Waals surface area contributed by atoms with E-state index in [0.717, 1.165) is 29.6 Å². The van der Waals surface area contributed by atoms with Crippen molar-refractivity contribution in [1.82, 2.24) is 19.7 Å². The summed E-state index contributed by atoms with van der Waals surface area (Å²) in [4.78, 5) is 17.5. The highest BCUT2D eigenvalue weighted by molar-refractivity contribution is 5.91. The van der Waals surface area contributed by atoms with Crippen molar-refractivity contribution in [3.8, 4) is 11.8 Å². The van der Waals surface area contributed by atoms with Crippen LogP contribution in [0.15, 0.2) is 30.7 Å². The third kappa shape index (κ3) is 3.10. The van der Waals surface area contributed by atoms with Crippen molar-refractivity contribution in [2.24, 2.45) is 5.92 Å². The fourth-order valence-electron chi connectivity index (χ4n) is 3.68. The Hall–Kier alpha value is -2.68. The Morgan fingerprint density at radius 3 is 2.77 bits per heavy atom. The minimum atomic E-state index is -0.925. The molecule has 0 spiro atoms. The van der Waals surface area contributed by atoms with E-state index in [0.29, 0.717) is 19.0 Å². The average molecular weight is 352 g/mol. The summed E-state index contributed by atoms with van der Waals surface area (Å²) >= 11 is 0. The molecule has 2 aromatic heterocycles. The normalized spacial score (nSPS) is 18.3. The number of rotatable bonds is 2. The molecule has 2 aliphatic rings. The van der Waals surface area contributed by atoms with E-state index >= 15 is 0 Å². The molecule has 26 heavy (non-hydrogen) atoms. The van der Waals surface area contributed by atoms with E-state index in [9.17, 15) is 9.18 Å². The molecule has 5 nitrogen and oxygen atoms in total. The number of hydrogen-bond acceptors (Lipinski definition) is 3. The average Bonchev–Trinajstić information content (AvgIpc) is 2.98. The second-order valence-electron chi connectivity index (χ2n) is 7.04. The third-order valence-electron chi connectivity index (χ3n) is 5.19. The maximum absolute atomic E-state index is 13.0. The molecule has 6 heteroatoms. The van der Waals surface area contributed by atoms with Gasteiger partial charge in [0.25, 0.3) is 5.91 Å². The highest BCUT2D eigenvalue weighted by Gasteiger charge is 2.35. The zero-order valence-electron chi connectivity index (χ0n) is 14.6. The summed E-state index contributed by atoms with van der Waals surface area (Å²) in [5.41, 5.74) is 1.50. The number of fused-ring (bicyclic) bond motifs is 1. The molecule has 1 saturated heterocycles. The van der Waals surface area contributed by atoms with Gasteiger partial charge < -0.3 is 4.90 Å². The van der Waals surface area contributed by atoms with Gasteiger partial charge in [-0.2, -0.15) is 5.10 Å². The number of amides is 1. The predicted molar refractivity (Wildman–Crippen MR) is 96.8 cm³/mol. The zero-order chi connectivity index (χ0) is 18.1. The first-order chi connectivity index (χ1) is 12.6. The lowest BCUT2D eigenvalue weighted by Gasteiger charge is -2.38. The third-order valence-corrected chi connectivity index (χ3v) is 5.19. The number of halogens is 1. The van der Waals surface area contributed by atoms with Crippen molar-refractivity contribution in [2.75, 3.05) is 13.1 Å². The highest BCUT2D eigenvalue weighted by atomic mass is 19.1. The Labute approximate surface area is 151 Å². The molecule has 1 amide bonds. The topological polar surface area (TPSA) is 51.0 Å². The van der Waals surface area contributed by atoms with Crippen molar-refractivity contribution in [1.29, 1.82) is 0 Å². The number of carbonyl (C=O) groups is 1. The number of aromatic nitrogens is 3. The Bertz CT molecular complexity index is 911. The largest absolute Gasteiger partial charge is 0.332 e.